The van der Waals surface area contributed by atoms with Gasteiger partial charge >= 0.3 is 11.9 Å². The minimum absolute atomic E-state index is 0.0185. The quantitative estimate of drug-likeness (QED) is 0.350. The van der Waals surface area contributed by atoms with Crippen LogP contribution >= 0.6 is 15.9 Å². The van der Waals surface area contributed by atoms with E-state index in [0.717, 1.165) is 0 Å². The first-order valence-electron chi connectivity index (χ1n) is 9.33. The third-order valence-electron chi connectivity index (χ3n) is 5.41. The van der Waals surface area contributed by atoms with Crippen LogP contribution in [0, 0.1) is 0 Å². The summed E-state index contributed by atoms with van der Waals surface area (Å²) in [5.74, 6) is -0.796. The van der Waals surface area contributed by atoms with E-state index in [2.05, 4.69) is 49.8 Å². The molecule has 0 saturated heterocycles. The minimum atomic E-state index is -2.16. The average Bonchev–Trinajstić information content (AvgIpc) is 2.62. The molecule has 1 aromatic carbocycles. The largest absolute Gasteiger partial charge is 0.466 e. The first-order chi connectivity index (χ1) is 13.0. The van der Waals surface area contributed by atoms with Crippen LogP contribution in [0.4, 0.5) is 0 Å². The van der Waals surface area contributed by atoms with Crippen molar-refractivity contribution in [2.45, 2.75) is 62.4 Å². The molecular formula is C21H29BrO5Si. The van der Waals surface area contributed by atoms with Gasteiger partial charge in [0.25, 0.3) is 0 Å². The Bertz CT molecular complexity index is 739. The summed E-state index contributed by atoms with van der Waals surface area (Å²) in [6, 6.07) is 8.87. The number of benzene rings is 1. The SMILES string of the molecule is COC(=O)C1=C[C@@H](Br)[C@@H](OC(=O)c2ccccc2)[C@H](O[Si](C)(C)C(C)(C)C)C1. The molecule has 0 aliphatic heterocycles. The highest BCUT2D eigenvalue weighted by atomic mass is 79.9. The van der Waals surface area contributed by atoms with Gasteiger partial charge in [-0.3, -0.25) is 0 Å². The number of alkyl halides is 1. The van der Waals surface area contributed by atoms with E-state index in [0.29, 0.717) is 17.6 Å². The second-order valence-electron chi connectivity index (χ2n) is 8.48. The molecular weight excluding hydrogens is 440 g/mol. The molecule has 0 aromatic heterocycles. The fourth-order valence-electron chi connectivity index (χ4n) is 2.75. The Morgan fingerprint density at radius 3 is 2.25 bits per heavy atom. The average molecular weight is 469 g/mol. The summed E-state index contributed by atoms with van der Waals surface area (Å²) in [4.78, 5) is 24.4. The van der Waals surface area contributed by atoms with Gasteiger partial charge in [-0.15, -0.1) is 0 Å². The lowest BCUT2D eigenvalue weighted by atomic mass is 9.94. The monoisotopic (exact) mass is 468 g/mol. The van der Waals surface area contributed by atoms with Crippen LogP contribution in [0.1, 0.15) is 37.6 Å². The Kier molecular flexibility index (Phi) is 7.28. The minimum Gasteiger partial charge on any atom is -0.466 e. The first kappa shape index (κ1) is 22.8. The van der Waals surface area contributed by atoms with Crippen LogP contribution < -0.4 is 0 Å². The zero-order valence-electron chi connectivity index (χ0n) is 17.3. The number of esters is 2. The standard InChI is InChI=1S/C21H29BrO5Si/c1-21(2,3)28(5,6)27-17-13-15(19(23)25-4)12-16(22)18(17)26-20(24)14-10-8-7-9-11-14/h7-12,16-18H,13H2,1-6H3/t16-,17-,18-/m1/s1. The first-order valence-corrected chi connectivity index (χ1v) is 13.2. The molecule has 0 radical (unpaired) electrons. The van der Waals surface area contributed by atoms with Gasteiger partial charge in [0.05, 0.1) is 23.6 Å². The highest BCUT2D eigenvalue weighted by Crippen LogP contribution is 2.40. The third-order valence-corrected chi connectivity index (χ3v) is 10.7. The highest BCUT2D eigenvalue weighted by Gasteiger charge is 2.45. The second kappa shape index (κ2) is 8.92. The van der Waals surface area contributed by atoms with E-state index < -0.39 is 26.5 Å². The second-order valence-corrected chi connectivity index (χ2v) is 14.3. The number of carbonyl (C=O) groups is 2. The number of halogens is 1. The molecule has 0 unspecified atom stereocenters. The molecule has 154 valence electrons. The summed E-state index contributed by atoms with van der Waals surface area (Å²) in [6.45, 7) is 10.7. The molecule has 0 N–H and O–H groups in total. The van der Waals surface area contributed by atoms with E-state index in [1.165, 1.54) is 7.11 Å². The van der Waals surface area contributed by atoms with Crippen molar-refractivity contribution in [2.75, 3.05) is 7.11 Å². The van der Waals surface area contributed by atoms with Crippen molar-refractivity contribution >= 4 is 36.2 Å². The fourth-order valence-corrected chi connectivity index (χ4v) is 4.84. The Balaban J connectivity index is 2.31. The summed E-state index contributed by atoms with van der Waals surface area (Å²) < 4.78 is 17.3. The summed E-state index contributed by atoms with van der Waals surface area (Å²) in [7, 11) is -0.801. The van der Waals surface area contributed by atoms with Gasteiger partial charge in [0, 0.05) is 12.0 Å². The van der Waals surface area contributed by atoms with Gasteiger partial charge in [0.2, 0.25) is 0 Å². The van der Waals surface area contributed by atoms with Gasteiger partial charge in [-0.25, -0.2) is 9.59 Å². The third kappa shape index (κ3) is 5.33. The number of methoxy groups -OCH3 is 1. The van der Waals surface area contributed by atoms with Crippen LogP contribution in [0.3, 0.4) is 0 Å². The molecule has 0 heterocycles. The molecule has 0 bridgehead atoms. The molecule has 0 fully saturated rings. The van der Waals surface area contributed by atoms with Gasteiger partial charge in [0.15, 0.2) is 8.32 Å². The van der Waals surface area contributed by atoms with Gasteiger partial charge in [-0.1, -0.05) is 61.0 Å². The van der Waals surface area contributed by atoms with Crippen molar-refractivity contribution in [1.29, 1.82) is 0 Å². The van der Waals surface area contributed by atoms with Crippen LogP contribution in [-0.4, -0.2) is 44.4 Å². The maximum absolute atomic E-state index is 12.6. The smallest absolute Gasteiger partial charge is 0.338 e. The van der Waals surface area contributed by atoms with Crippen LogP contribution in [0.25, 0.3) is 0 Å². The van der Waals surface area contributed by atoms with Gasteiger partial charge in [0.1, 0.15) is 6.10 Å². The molecule has 0 amide bonds. The molecule has 1 aliphatic carbocycles. The van der Waals surface area contributed by atoms with E-state index in [-0.39, 0.29) is 15.8 Å². The molecule has 28 heavy (non-hydrogen) atoms. The zero-order valence-corrected chi connectivity index (χ0v) is 19.9. The lowest BCUT2D eigenvalue weighted by molar-refractivity contribution is -0.136. The molecule has 0 saturated carbocycles. The van der Waals surface area contributed by atoms with E-state index in [1.54, 1.807) is 30.3 Å². The van der Waals surface area contributed by atoms with Gasteiger partial charge in [-0.2, -0.15) is 0 Å². The van der Waals surface area contributed by atoms with Gasteiger partial charge < -0.3 is 13.9 Å². The van der Waals surface area contributed by atoms with Crippen LogP contribution in [0.15, 0.2) is 42.0 Å². The normalized spacial score (nSPS) is 23.0. The summed E-state index contributed by atoms with van der Waals surface area (Å²) >= 11 is 3.57. The molecule has 2 rings (SSSR count). The van der Waals surface area contributed by atoms with Crippen molar-refractivity contribution in [2.24, 2.45) is 0 Å². The summed E-state index contributed by atoms with van der Waals surface area (Å²) in [5, 5.41) is -0.0185. The number of hydrogen-bond donors (Lipinski definition) is 0. The zero-order chi connectivity index (χ0) is 21.1. The van der Waals surface area contributed by atoms with E-state index >= 15 is 0 Å². The molecule has 1 aromatic rings. The van der Waals surface area contributed by atoms with Crippen molar-refractivity contribution in [3.8, 4) is 0 Å². The predicted octanol–water partition coefficient (Wildman–Crippen LogP) is 4.87. The summed E-state index contributed by atoms with van der Waals surface area (Å²) in [5.41, 5.74) is 1.01. The van der Waals surface area contributed by atoms with Crippen molar-refractivity contribution < 1.29 is 23.5 Å². The molecule has 1 aliphatic rings. The van der Waals surface area contributed by atoms with Crippen LogP contribution in [0.5, 0.6) is 0 Å². The number of hydrogen-bond acceptors (Lipinski definition) is 5. The Morgan fingerprint density at radius 2 is 1.71 bits per heavy atom. The van der Waals surface area contributed by atoms with E-state index in [4.69, 9.17) is 13.9 Å². The lowest BCUT2D eigenvalue weighted by Gasteiger charge is -2.43. The van der Waals surface area contributed by atoms with E-state index in [9.17, 15) is 9.59 Å². The molecule has 0 spiro atoms. The fraction of sp³-hybridized carbons (Fsp3) is 0.524. The van der Waals surface area contributed by atoms with Crippen LogP contribution in [-0.2, 0) is 18.7 Å². The molecule has 5 nitrogen and oxygen atoms in total. The maximum atomic E-state index is 12.6. The van der Waals surface area contributed by atoms with E-state index in [1.807, 2.05) is 6.07 Å². The van der Waals surface area contributed by atoms with Crippen molar-refractivity contribution in [3.05, 3.63) is 47.5 Å². The Hall–Kier alpha value is -1.44. The highest BCUT2D eigenvalue weighted by molar-refractivity contribution is 9.09. The molecule has 7 heteroatoms. The summed E-state index contributed by atoms with van der Waals surface area (Å²) in [6.07, 6.45) is 1.11. The van der Waals surface area contributed by atoms with Crippen LogP contribution in [0.2, 0.25) is 18.1 Å². The topological polar surface area (TPSA) is 61.8 Å². The maximum Gasteiger partial charge on any atom is 0.338 e. The van der Waals surface area contributed by atoms with Crippen molar-refractivity contribution in [1.82, 2.24) is 0 Å². The Morgan fingerprint density at radius 1 is 1.11 bits per heavy atom. The van der Waals surface area contributed by atoms with Crippen molar-refractivity contribution in [3.63, 3.8) is 0 Å². The predicted molar refractivity (Wildman–Crippen MR) is 115 cm³/mol. The lowest BCUT2D eigenvalue weighted by Crippen LogP contribution is -2.51. The number of carbonyl (C=O) groups excluding carboxylic acids is 2. The number of ether oxygens (including phenoxy) is 2. The number of rotatable bonds is 5. The molecule has 3 atom stereocenters. The van der Waals surface area contributed by atoms with Gasteiger partial charge in [-0.05, 0) is 30.3 Å². The Labute approximate surface area is 176 Å².